The molecule has 1 saturated carbocycles. The zero-order valence-electron chi connectivity index (χ0n) is 42.4. The van der Waals surface area contributed by atoms with Crippen LogP contribution in [-0.4, -0.2) is 53.2 Å². The van der Waals surface area contributed by atoms with Crippen molar-refractivity contribution in [2.24, 2.45) is 5.92 Å². The Kier molecular flexibility index (Phi) is 16.6. The van der Waals surface area contributed by atoms with Gasteiger partial charge in [0.25, 0.3) is 0 Å². The molecule has 8 aromatic carbocycles. The molecule has 8 aromatic rings. The van der Waals surface area contributed by atoms with Crippen LogP contribution in [0.5, 0.6) is 23.0 Å². The van der Waals surface area contributed by atoms with Crippen molar-refractivity contribution in [1.29, 1.82) is 0 Å². The van der Waals surface area contributed by atoms with E-state index in [1.807, 2.05) is 97.1 Å². The normalized spacial score (nSPS) is 13.7. The van der Waals surface area contributed by atoms with Crippen molar-refractivity contribution in [2.75, 3.05) is 49.7 Å². The largest absolute Gasteiger partial charge is 1.00 e. The first kappa shape index (κ1) is 52.5. The molecule has 2 aliphatic rings. The van der Waals surface area contributed by atoms with E-state index in [4.69, 9.17) is 18.9 Å². The van der Waals surface area contributed by atoms with Crippen molar-refractivity contribution in [3.63, 3.8) is 0 Å². The van der Waals surface area contributed by atoms with Gasteiger partial charge in [-0.25, -0.2) is 8.42 Å². The topological polar surface area (TPSA) is 104 Å². The molecule has 0 aromatic heterocycles. The zero-order valence-corrected chi connectivity index (χ0v) is 46.1. The number of benzene rings is 8. The van der Waals surface area contributed by atoms with Crippen LogP contribution in [-0.2, 0) is 10.1 Å². The molecule has 372 valence electrons. The van der Waals surface area contributed by atoms with Crippen LogP contribution in [0.1, 0.15) is 38.5 Å². The van der Waals surface area contributed by atoms with Crippen molar-refractivity contribution >= 4 is 67.4 Å². The van der Waals surface area contributed by atoms with Crippen LogP contribution in [0.15, 0.2) is 192 Å². The van der Waals surface area contributed by atoms with Crippen LogP contribution in [0.4, 0.5) is 45.5 Å². The van der Waals surface area contributed by atoms with Gasteiger partial charge < -0.3 is 38.2 Å². The van der Waals surface area contributed by atoms with Gasteiger partial charge in [-0.15, -0.1) is 0 Å². The number of fused-ring (bicyclic) bond motifs is 2. The third-order valence-electron chi connectivity index (χ3n) is 14.1. The molecule has 10 rings (SSSR count). The fourth-order valence-corrected chi connectivity index (χ4v) is 12.6. The standard InChI is InChI=1S/C61H59N3O7S2.Na/c1-68-53-28-20-49(21-29-53)63(50-22-30-54(69-2)31-23-50)47-16-10-42(11-17-47)45-14-36-57-59(40-45)72-60-41-46(15-37-58(60)62(57)39-38-61(73(65,66)67)44-8-6-5-7-9-44)43-12-18-48(19-13-43)64(51-24-32-55(70-3)33-25-51)52-26-34-56(71-4)35-27-52;/h10-37,40-41,44,61H,5-9,38-39H2,1-4H3,(H,65,66,67);/q;+1/p-1. The minimum Gasteiger partial charge on any atom is -0.748 e. The zero-order chi connectivity index (χ0) is 50.5. The van der Waals surface area contributed by atoms with E-state index >= 15 is 0 Å². The average Bonchev–Trinajstić information content (AvgIpc) is 3.43. The Morgan fingerprint density at radius 2 is 0.797 bits per heavy atom. The Bertz CT molecular complexity index is 2980. The summed E-state index contributed by atoms with van der Waals surface area (Å²) in [4.78, 5) is 8.73. The molecule has 1 heterocycles. The Balaban J connectivity index is 0.00000672. The van der Waals surface area contributed by atoms with Gasteiger partial charge in [0.1, 0.15) is 23.0 Å². The fourth-order valence-electron chi connectivity index (χ4n) is 10.3. The van der Waals surface area contributed by atoms with E-state index in [1.165, 1.54) is 0 Å². The second-order valence-electron chi connectivity index (χ2n) is 18.4. The Morgan fingerprint density at radius 1 is 0.486 bits per heavy atom. The molecule has 0 bridgehead atoms. The van der Waals surface area contributed by atoms with Gasteiger partial charge in [0.15, 0.2) is 0 Å². The summed E-state index contributed by atoms with van der Waals surface area (Å²) < 4.78 is 60.7. The number of hydrogen-bond acceptors (Lipinski definition) is 11. The van der Waals surface area contributed by atoms with E-state index < -0.39 is 15.4 Å². The van der Waals surface area contributed by atoms with Gasteiger partial charge in [-0.2, -0.15) is 0 Å². The molecule has 1 unspecified atom stereocenters. The molecule has 0 amide bonds. The first-order valence-electron chi connectivity index (χ1n) is 24.7. The molecule has 1 aliphatic carbocycles. The predicted octanol–water partition coefficient (Wildman–Crippen LogP) is 12.5. The second kappa shape index (κ2) is 23.4. The van der Waals surface area contributed by atoms with Crippen molar-refractivity contribution in [1.82, 2.24) is 0 Å². The Labute approximate surface area is 461 Å². The van der Waals surface area contributed by atoms with E-state index in [1.54, 1.807) is 40.2 Å². The van der Waals surface area contributed by atoms with Crippen molar-refractivity contribution in [3.05, 3.63) is 182 Å². The van der Waals surface area contributed by atoms with Crippen LogP contribution in [0.2, 0.25) is 0 Å². The molecule has 10 nitrogen and oxygen atoms in total. The van der Waals surface area contributed by atoms with Crippen LogP contribution in [0.25, 0.3) is 22.3 Å². The Hall–Kier alpha value is -6.38. The van der Waals surface area contributed by atoms with Gasteiger partial charge in [-0.3, -0.25) is 0 Å². The van der Waals surface area contributed by atoms with Crippen molar-refractivity contribution in [3.8, 4) is 45.3 Å². The summed E-state index contributed by atoms with van der Waals surface area (Å²) in [6, 6.07) is 62.2. The number of hydrogen-bond donors (Lipinski definition) is 0. The van der Waals surface area contributed by atoms with E-state index in [0.717, 1.165) is 133 Å². The Morgan fingerprint density at radius 3 is 1.11 bits per heavy atom. The van der Waals surface area contributed by atoms with E-state index in [-0.39, 0.29) is 41.9 Å². The number of rotatable bonds is 17. The van der Waals surface area contributed by atoms with Crippen LogP contribution < -0.4 is 63.2 Å². The summed E-state index contributed by atoms with van der Waals surface area (Å²) in [6.07, 6.45) is 4.79. The van der Waals surface area contributed by atoms with Gasteiger partial charge in [-0.05, 0) is 193 Å². The van der Waals surface area contributed by atoms with Gasteiger partial charge in [0.2, 0.25) is 0 Å². The van der Waals surface area contributed by atoms with Gasteiger partial charge in [0, 0.05) is 50.5 Å². The van der Waals surface area contributed by atoms with E-state index in [2.05, 4.69) is 99.6 Å². The number of nitrogens with zero attached hydrogens (tertiary/aromatic N) is 3. The summed E-state index contributed by atoms with van der Waals surface area (Å²) in [6.45, 7) is 0.393. The number of anilines is 8. The van der Waals surface area contributed by atoms with Gasteiger partial charge in [-0.1, -0.05) is 67.4 Å². The SMILES string of the molecule is COc1ccc(N(c2ccc(OC)cc2)c2ccc(-c3ccc4c(c3)Sc3cc(-c5ccc(N(c6ccc(OC)cc6)c6ccc(OC)cc6)cc5)ccc3N4CCC(C3CCCCC3)S(=O)(=O)[O-])cc2)cc1.[Na+]. The summed E-state index contributed by atoms with van der Waals surface area (Å²) in [5.41, 5.74) is 12.1. The molecule has 1 fully saturated rings. The fraction of sp³-hybridized carbons (Fsp3) is 0.213. The number of methoxy groups -OCH3 is 4. The summed E-state index contributed by atoms with van der Waals surface area (Å²) in [7, 11) is 2.15. The molecule has 74 heavy (non-hydrogen) atoms. The van der Waals surface area contributed by atoms with Crippen LogP contribution in [0, 0.1) is 5.92 Å². The molecule has 13 heteroatoms. The first-order valence-corrected chi connectivity index (χ1v) is 26.9. The summed E-state index contributed by atoms with van der Waals surface area (Å²) in [5.74, 6) is 3.00. The molecule has 0 radical (unpaired) electrons. The molecule has 1 atom stereocenters. The second-order valence-corrected chi connectivity index (χ2v) is 21.1. The molecule has 0 saturated heterocycles. The minimum absolute atomic E-state index is 0. The maximum absolute atomic E-state index is 13.0. The van der Waals surface area contributed by atoms with E-state index in [0.29, 0.717) is 6.54 Å². The van der Waals surface area contributed by atoms with Crippen molar-refractivity contribution in [2.45, 2.75) is 53.6 Å². The summed E-state index contributed by atoms with van der Waals surface area (Å²) >= 11 is 1.71. The smallest absolute Gasteiger partial charge is 0.748 e. The molecular weight excluding hydrogens is 974 g/mol. The van der Waals surface area contributed by atoms with Gasteiger partial charge in [0.05, 0.1) is 55.2 Å². The average molecular weight is 1030 g/mol. The van der Waals surface area contributed by atoms with Gasteiger partial charge >= 0.3 is 29.6 Å². The molecule has 1 aliphatic heterocycles. The molecule has 0 spiro atoms. The minimum atomic E-state index is -4.52. The van der Waals surface area contributed by atoms with E-state index in [9.17, 15) is 13.0 Å². The third kappa shape index (κ3) is 11.5. The predicted molar refractivity (Wildman–Crippen MR) is 295 cm³/mol. The first-order chi connectivity index (χ1) is 35.6. The maximum atomic E-state index is 13.0. The third-order valence-corrected chi connectivity index (χ3v) is 16.6. The van der Waals surface area contributed by atoms with Crippen molar-refractivity contribution < 1.29 is 61.5 Å². The van der Waals surface area contributed by atoms with Crippen LogP contribution in [0.3, 0.4) is 0 Å². The molecular formula is C61H58N3NaO7S2. The molecule has 0 N–H and O–H groups in total. The monoisotopic (exact) mass is 1030 g/mol. The summed E-state index contributed by atoms with van der Waals surface area (Å²) in [5, 5.41) is -0.935. The quantitative estimate of drug-likeness (QED) is 0.0643. The number of ether oxygens (including phenoxy) is 4. The maximum Gasteiger partial charge on any atom is 1.00 e. The van der Waals surface area contributed by atoms with Crippen LogP contribution >= 0.6 is 11.8 Å².